The Labute approximate surface area is 189 Å². The number of benzene rings is 1. The Hall–Kier alpha value is -4.42. The first-order valence-electron chi connectivity index (χ1n) is 10.3. The van der Waals surface area contributed by atoms with Gasteiger partial charge < -0.3 is 36.5 Å². The van der Waals surface area contributed by atoms with Crippen LogP contribution in [-0.2, 0) is 27.1 Å². The number of hydrogen-bond acceptors (Lipinski definition) is 10. The van der Waals surface area contributed by atoms with Crippen molar-refractivity contribution in [2.24, 2.45) is 14.1 Å². The largest absolute Gasteiger partial charge is 0.504 e. The van der Waals surface area contributed by atoms with E-state index in [9.17, 15) is 10.2 Å². The van der Waals surface area contributed by atoms with E-state index in [1.165, 1.54) is 6.07 Å². The second-order valence-electron chi connectivity index (χ2n) is 7.66. The molecule has 0 aliphatic rings. The van der Waals surface area contributed by atoms with Gasteiger partial charge in [-0.25, -0.2) is 0 Å². The third-order valence-electron chi connectivity index (χ3n) is 5.28. The Morgan fingerprint density at radius 3 is 2.58 bits per heavy atom. The molecule has 1 aromatic carbocycles. The Bertz CT molecular complexity index is 1240. The average Bonchev–Trinajstić information content (AvgIpc) is 3.47. The van der Waals surface area contributed by atoms with E-state index in [1.54, 1.807) is 23.7 Å². The van der Waals surface area contributed by atoms with Crippen LogP contribution in [-0.4, -0.2) is 58.3 Å². The molecule has 4 rings (SSSR count). The van der Waals surface area contributed by atoms with Crippen LogP contribution in [0.25, 0.3) is 0 Å². The fourth-order valence-corrected chi connectivity index (χ4v) is 3.40. The van der Waals surface area contributed by atoms with Crippen molar-refractivity contribution in [2.45, 2.75) is 13.0 Å². The van der Waals surface area contributed by atoms with Crippen molar-refractivity contribution in [3.05, 3.63) is 41.6 Å². The minimum atomic E-state index is -0.126. The fourth-order valence-electron chi connectivity index (χ4n) is 3.40. The molecule has 0 unspecified atom stereocenters. The van der Waals surface area contributed by atoms with E-state index in [4.69, 9.17) is 5.73 Å². The van der Waals surface area contributed by atoms with E-state index in [2.05, 4.69) is 36.0 Å². The highest BCUT2D eigenvalue weighted by atomic mass is 16.3. The fraction of sp³-hybridized carbons (Fsp3) is 0.300. The number of anilines is 5. The summed E-state index contributed by atoms with van der Waals surface area (Å²) in [6.45, 7) is 1.09. The molecule has 174 valence electrons. The van der Waals surface area contributed by atoms with Crippen LogP contribution in [0.15, 0.2) is 30.3 Å². The van der Waals surface area contributed by atoms with Crippen molar-refractivity contribution in [1.29, 1.82) is 0 Å². The summed E-state index contributed by atoms with van der Waals surface area (Å²) in [5.74, 6) is 2.70. The molecular weight excluding hydrogens is 426 g/mol. The monoisotopic (exact) mass is 453 g/mol. The molecule has 3 heterocycles. The number of H-pyrrole nitrogens is 1. The lowest BCUT2D eigenvalue weighted by atomic mass is 10.1. The zero-order valence-electron chi connectivity index (χ0n) is 18.6. The number of phenolic OH excluding ortho intramolecular Hbond substituents is 2. The van der Waals surface area contributed by atoms with E-state index in [-0.39, 0.29) is 11.5 Å². The highest BCUT2D eigenvalue weighted by molar-refractivity contribution is 5.51. The highest BCUT2D eigenvalue weighted by Crippen LogP contribution is 2.28. The van der Waals surface area contributed by atoms with E-state index < -0.39 is 0 Å². The minimum absolute atomic E-state index is 0.0971. The van der Waals surface area contributed by atoms with Crippen molar-refractivity contribution in [2.75, 3.05) is 34.9 Å². The molecule has 13 heteroatoms. The van der Waals surface area contributed by atoms with E-state index in [0.717, 1.165) is 11.5 Å². The highest BCUT2D eigenvalue weighted by Gasteiger charge is 2.15. The van der Waals surface area contributed by atoms with Gasteiger partial charge in [0, 0.05) is 33.4 Å². The molecule has 0 fully saturated rings. The van der Waals surface area contributed by atoms with Gasteiger partial charge in [0.15, 0.2) is 11.5 Å². The first-order valence-corrected chi connectivity index (χ1v) is 10.3. The smallest absolute Gasteiger partial charge is 0.231 e. The molecule has 0 saturated carbocycles. The predicted octanol–water partition coefficient (Wildman–Crippen LogP) is 1.30. The Morgan fingerprint density at radius 2 is 1.82 bits per heavy atom. The number of nitrogens with two attached hydrogens (primary N) is 1. The number of para-hydroxylation sites is 1. The lowest BCUT2D eigenvalue weighted by molar-refractivity contribution is 0.399. The van der Waals surface area contributed by atoms with Crippen molar-refractivity contribution >= 4 is 29.6 Å². The number of aromatic nitrogens is 7. The van der Waals surface area contributed by atoms with Crippen molar-refractivity contribution in [3.63, 3.8) is 0 Å². The molecular formula is C20H27N11O2. The SMILES string of the molecule is CN(Cc1ccc(Nc2nnc(N)n2C)[nH]1)c1nnc(NCCc2cccc(O)c2O)n1C. The Kier molecular flexibility index (Phi) is 5.93. The summed E-state index contributed by atoms with van der Waals surface area (Å²) in [4.78, 5) is 5.26. The minimum Gasteiger partial charge on any atom is -0.504 e. The molecule has 3 aromatic heterocycles. The summed E-state index contributed by atoms with van der Waals surface area (Å²) >= 11 is 0. The van der Waals surface area contributed by atoms with Gasteiger partial charge in [0.1, 0.15) is 5.82 Å². The van der Waals surface area contributed by atoms with Crippen LogP contribution >= 0.6 is 0 Å². The van der Waals surface area contributed by atoms with Crippen LogP contribution in [0.1, 0.15) is 11.3 Å². The predicted molar refractivity (Wildman–Crippen MR) is 125 cm³/mol. The molecule has 0 radical (unpaired) electrons. The Balaban J connectivity index is 1.34. The molecule has 33 heavy (non-hydrogen) atoms. The number of phenols is 2. The van der Waals surface area contributed by atoms with Gasteiger partial charge in [-0.15, -0.1) is 20.4 Å². The molecule has 0 spiro atoms. The van der Waals surface area contributed by atoms with Gasteiger partial charge in [-0.05, 0) is 30.2 Å². The normalized spacial score (nSPS) is 11.0. The van der Waals surface area contributed by atoms with Crippen LogP contribution in [0, 0.1) is 0 Å². The van der Waals surface area contributed by atoms with Gasteiger partial charge in [-0.2, -0.15) is 0 Å². The zero-order chi connectivity index (χ0) is 23.5. The number of nitrogens with zero attached hydrogens (tertiary/aromatic N) is 7. The maximum Gasteiger partial charge on any atom is 0.231 e. The summed E-state index contributed by atoms with van der Waals surface area (Å²) < 4.78 is 3.51. The van der Waals surface area contributed by atoms with Gasteiger partial charge in [-0.1, -0.05) is 12.1 Å². The third kappa shape index (κ3) is 4.61. The quantitative estimate of drug-likeness (QED) is 0.203. The van der Waals surface area contributed by atoms with Crippen LogP contribution in [0.5, 0.6) is 11.5 Å². The van der Waals surface area contributed by atoms with Gasteiger partial charge in [-0.3, -0.25) is 9.13 Å². The summed E-state index contributed by atoms with van der Waals surface area (Å²) in [5.41, 5.74) is 7.33. The van der Waals surface area contributed by atoms with Crippen molar-refractivity contribution in [1.82, 2.24) is 34.5 Å². The topological polar surface area (TPSA) is 171 Å². The molecule has 0 aliphatic heterocycles. The molecule has 0 atom stereocenters. The maximum atomic E-state index is 9.93. The standard InChI is InChI=1S/C20H27N11O2/c1-29(11-13-7-8-15(23-13)24-19-27-25-17(21)30(19)2)20-28-26-18(31(20)3)22-10-9-12-5-4-6-14(32)16(12)33/h4-8,23,32-33H,9-11H2,1-3H3,(H2,21,25)(H,22,26)(H,24,27). The first-order chi connectivity index (χ1) is 15.8. The van der Waals surface area contributed by atoms with E-state index in [0.29, 0.717) is 48.9 Å². The van der Waals surface area contributed by atoms with Gasteiger partial charge in [0.05, 0.1) is 6.54 Å². The molecule has 7 N–H and O–H groups in total. The molecule has 0 bridgehead atoms. The number of rotatable bonds is 9. The van der Waals surface area contributed by atoms with Crippen LogP contribution in [0.2, 0.25) is 0 Å². The third-order valence-corrected chi connectivity index (χ3v) is 5.28. The number of aromatic amines is 1. The molecule has 4 aromatic rings. The lowest BCUT2D eigenvalue weighted by Gasteiger charge is -2.17. The summed E-state index contributed by atoms with van der Waals surface area (Å²) in [6, 6.07) is 8.80. The number of aromatic hydroxyl groups is 2. The summed E-state index contributed by atoms with van der Waals surface area (Å²) in [7, 11) is 5.58. The molecule has 0 amide bonds. The number of hydrogen-bond donors (Lipinski definition) is 6. The first kappa shape index (κ1) is 21.8. The Morgan fingerprint density at radius 1 is 1.03 bits per heavy atom. The number of nitrogens with one attached hydrogen (secondary N) is 3. The zero-order valence-corrected chi connectivity index (χ0v) is 18.6. The molecule has 13 nitrogen and oxygen atoms in total. The molecule has 0 saturated heterocycles. The summed E-state index contributed by atoms with van der Waals surface area (Å²) in [5, 5.41) is 42.2. The maximum absolute atomic E-state index is 9.93. The van der Waals surface area contributed by atoms with E-state index >= 15 is 0 Å². The van der Waals surface area contributed by atoms with Gasteiger partial charge in [0.2, 0.25) is 23.8 Å². The molecule has 0 aliphatic carbocycles. The van der Waals surface area contributed by atoms with E-state index in [1.807, 2.05) is 35.7 Å². The van der Waals surface area contributed by atoms with Gasteiger partial charge >= 0.3 is 0 Å². The summed E-state index contributed by atoms with van der Waals surface area (Å²) in [6.07, 6.45) is 0.522. The average molecular weight is 454 g/mol. The van der Waals surface area contributed by atoms with Gasteiger partial charge in [0.25, 0.3) is 0 Å². The number of nitrogen functional groups attached to an aromatic ring is 1. The van der Waals surface area contributed by atoms with Crippen LogP contribution in [0.3, 0.4) is 0 Å². The lowest BCUT2D eigenvalue weighted by Crippen LogP contribution is -2.21. The second-order valence-corrected chi connectivity index (χ2v) is 7.66. The second kappa shape index (κ2) is 8.98. The van der Waals surface area contributed by atoms with Crippen molar-refractivity contribution < 1.29 is 10.2 Å². The van der Waals surface area contributed by atoms with Crippen molar-refractivity contribution in [3.8, 4) is 11.5 Å². The van der Waals surface area contributed by atoms with Crippen LogP contribution in [0.4, 0.5) is 29.6 Å². The van der Waals surface area contributed by atoms with Crippen LogP contribution < -0.4 is 21.3 Å².